The van der Waals surface area contributed by atoms with Crippen LogP contribution in [0.15, 0.2) is 18.2 Å². The Balaban J connectivity index is 2.12. The normalized spacial score (nSPS) is 14.5. The van der Waals surface area contributed by atoms with Gasteiger partial charge in [-0.15, -0.1) is 6.42 Å². The summed E-state index contributed by atoms with van der Waals surface area (Å²) >= 11 is 0. The van der Waals surface area contributed by atoms with Gasteiger partial charge in [-0.25, -0.2) is 4.98 Å². The van der Waals surface area contributed by atoms with Gasteiger partial charge in [-0.2, -0.15) is 0 Å². The van der Waals surface area contributed by atoms with E-state index < -0.39 is 0 Å². The van der Waals surface area contributed by atoms with E-state index in [1.54, 1.807) is 0 Å². The molecular weight excluding hydrogens is 200 g/mol. The van der Waals surface area contributed by atoms with Gasteiger partial charge in [-0.05, 0) is 30.9 Å². The summed E-state index contributed by atoms with van der Waals surface area (Å²) in [6.45, 7) is 1.53. The van der Waals surface area contributed by atoms with E-state index in [4.69, 9.17) is 11.5 Å². The molecule has 16 heavy (non-hydrogen) atoms. The van der Waals surface area contributed by atoms with Crippen molar-refractivity contribution < 1.29 is 5.11 Å². The lowest BCUT2D eigenvalue weighted by molar-refractivity contribution is 0.277. The van der Waals surface area contributed by atoms with Crippen molar-refractivity contribution in [1.82, 2.24) is 4.98 Å². The molecule has 0 radical (unpaired) electrons. The molecule has 1 N–H and O–H groups in total. The number of anilines is 1. The molecule has 3 nitrogen and oxygen atoms in total. The highest BCUT2D eigenvalue weighted by atomic mass is 16.3. The highest BCUT2D eigenvalue weighted by Gasteiger charge is 2.24. The molecule has 1 aromatic rings. The summed E-state index contributed by atoms with van der Waals surface area (Å²) in [5, 5.41) is 9.05. The van der Waals surface area contributed by atoms with Crippen LogP contribution < -0.4 is 4.90 Å². The van der Waals surface area contributed by atoms with Gasteiger partial charge in [0.25, 0.3) is 0 Å². The number of hydrogen-bond donors (Lipinski definition) is 1. The van der Waals surface area contributed by atoms with E-state index in [0.29, 0.717) is 12.2 Å². The number of aromatic nitrogens is 1. The zero-order valence-corrected chi connectivity index (χ0v) is 9.26. The molecule has 84 valence electrons. The molecule has 0 spiro atoms. The highest BCUT2D eigenvalue weighted by Crippen LogP contribution is 2.30. The van der Waals surface area contributed by atoms with Gasteiger partial charge in [0, 0.05) is 6.54 Å². The Labute approximate surface area is 96.1 Å². The number of rotatable bonds is 5. The second-order valence-electron chi connectivity index (χ2n) is 4.17. The summed E-state index contributed by atoms with van der Waals surface area (Å²) in [6, 6.07) is 5.66. The van der Waals surface area contributed by atoms with Gasteiger partial charge in [0.05, 0.1) is 18.8 Å². The largest absolute Gasteiger partial charge is 0.390 e. The molecule has 0 amide bonds. The predicted octanol–water partition coefficient (Wildman–Crippen LogP) is 1.42. The van der Waals surface area contributed by atoms with Gasteiger partial charge in [0.15, 0.2) is 0 Å². The van der Waals surface area contributed by atoms with Gasteiger partial charge < -0.3 is 10.0 Å². The van der Waals surface area contributed by atoms with Crippen molar-refractivity contribution in [1.29, 1.82) is 0 Å². The van der Waals surface area contributed by atoms with Crippen LogP contribution in [0.5, 0.6) is 0 Å². The standard InChI is InChI=1S/C13H16N2O/c1-2-8-15(9-11-6-7-11)13-5-3-4-12(10-16)14-13/h1,3-5,11,16H,6-10H2. The quantitative estimate of drug-likeness (QED) is 0.756. The molecule has 1 fully saturated rings. The molecule has 1 saturated carbocycles. The maximum atomic E-state index is 9.05. The highest BCUT2D eigenvalue weighted by molar-refractivity contribution is 5.41. The first-order chi connectivity index (χ1) is 7.83. The molecule has 0 unspecified atom stereocenters. The summed E-state index contributed by atoms with van der Waals surface area (Å²) in [5.41, 5.74) is 0.690. The summed E-state index contributed by atoms with van der Waals surface area (Å²) in [4.78, 5) is 6.48. The first-order valence-corrected chi connectivity index (χ1v) is 5.58. The van der Waals surface area contributed by atoms with E-state index in [1.807, 2.05) is 18.2 Å². The van der Waals surface area contributed by atoms with E-state index in [1.165, 1.54) is 12.8 Å². The molecule has 1 aliphatic carbocycles. The first-order valence-electron chi connectivity index (χ1n) is 5.58. The van der Waals surface area contributed by atoms with Crippen molar-refractivity contribution in [3.05, 3.63) is 23.9 Å². The summed E-state index contributed by atoms with van der Waals surface area (Å²) in [5.74, 6) is 4.30. The van der Waals surface area contributed by atoms with Crippen LogP contribution in [-0.2, 0) is 6.61 Å². The number of nitrogens with zero attached hydrogens (tertiary/aromatic N) is 2. The van der Waals surface area contributed by atoms with E-state index in [9.17, 15) is 0 Å². The Bertz CT molecular complexity index is 393. The minimum atomic E-state index is -0.0266. The third-order valence-corrected chi connectivity index (χ3v) is 2.74. The first kappa shape index (κ1) is 11.0. The lowest BCUT2D eigenvalue weighted by Gasteiger charge is -2.21. The number of hydrogen-bond acceptors (Lipinski definition) is 3. The smallest absolute Gasteiger partial charge is 0.129 e. The zero-order chi connectivity index (χ0) is 11.4. The fourth-order valence-electron chi connectivity index (χ4n) is 1.69. The molecule has 2 rings (SSSR count). The Hall–Kier alpha value is -1.53. The molecule has 1 aromatic heterocycles. The van der Waals surface area contributed by atoms with E-state index in [0.717, 1.165) is 18.3 Å². The monoisotopic (exact) mass is 216 g/mol. The lowest BCUT2D eigenvalue weighted by atomic mass is 10.3. The predicted molar refractivity (Wildman–Crippen MR) is 63.9 cm³/mol. The van der Waals surface area contributed by atoms with Crippen LogP contribution in [0.2, 0.25) is 0 Å². The molecule has 3 heteroatoms. The second kappa shape index (κ2) is 5.00. The van der Waals surface area contributed by atoms with Gasteiger partial charge >= 0.3 is 0 Å². The van der Waals surface area contributed by atoms with Gasteiger partial charge in [0.1, 0.15) is 5.82 Å². The molecule has 1 heterocycles. The summed E-state index contributed by atoms with van der Waals surface area (Å²) in [6.07, 6.45) is 7.95. The fourth-order valence-corrected chi connectivity index (χ4v) is 1.69. The Kier molecular flexibility index (Phi) is 3.43. The van der Waals surface area contributed by atoms with Gasteiger partial charge in [0.2, 0.25) is 0 Å². The average molecular weight is 216 g/mol. The van der Waals surface area contributed by atoms with Crippen molar-refractivity contribution in [2.75, 3.05) is 18.0 Å². The Morgan fingerprint density at radius 3 is 2.94 bits per heavy atom. The summed E-state index contributed by atoms with van der Waals surface area (Å²) in [7, 11) is 0. The summed E-state index contributed by atoms with van der Waals surface area (Å²) < 4.78 is 0. The zero-order valence-electron chi connectivity index (χ0n) is 9.26. The van der Waals surface area contributed by atoms with Crippen LogP contribution in [0.4, 0.5) is 5.82 Å². The molecule has 0 aromatic carbocycles. The molecule has 0 atom stereocenters. The fraction of sp³-hybridized carbons (Fsp3) is 0.462. The van der Waals surface area contributed by atoms with E-state index in [-0.39, 0.29) is 6.61 Å². The van der Waals surface area contributed by atoms with Crippen LogP contribution in [0.3, 0.4) is 0 Å². The van der Waals surface area contributed by atoms with E-state index in [2.05, 4.69) is 15.8 Å². The Morgan fingerprint density at radius 2 is 2.31 bits per heavy atom. The van der Waals surface area contributed by atoms with Crippen LogP contribution in [-0.4, -0.2) is 23.2 Å². The molecule has 0 saturated heterocycles. The van der Waals surface area contributed by atoms with Crippen molar-refractivity contribution >= 4 is 5.82 Å². The van der Waals surface area contributed by atoms with Gasteiger partial charge in [-0.1, -0.05) is 12.0 Å². The molecule has 0 aliphatic heterocycles. The average Bonchev–Trinajstić information content (AvgIpc) is 3.12. The van der Waals surface area contributed by atoms with Crippen molar-refractivity contribution in [3.63, 3.8) is 0 Å². The third-order valence-electron chi connectivity index (χ3n) is 2.74. The number of aliphatic hydroxyl groups is 1. The third kappa shape index (κ3) is 2.74. The topological polar surface area (TPSA) is 36.4 Å². The second-order valence-corrected chi connectivity index (χ2v) is 4.17. The Morgan fingerprint density at radius 1 is 1.50 bits per heavy atom. The van der Waals surface area contributed by atoms with Crippen LogP contribution in [0.1, 0.15) is 18.5 Å². The number of aliphatic hydroxyl groups excluding tert-OH is 1. The maximum absolute atomic E-state index is 9.05. The number of pyridine rings is 1. The van der Waals surface area contributed by atoms with E-state index >= 15 is 0 Å². The minimum Gasteiger partial charge on any atom is -0.390 e. The van der Waals surface area contributed by atoms with Crippen LogP contribution in [0, 0.1) is 18.3 Å². The maximum Gasteiger partial charge on any atom is 0.129 e. The van der Waals surface area contributed by atoms with Crippen molar-refractivity contribution in [2.24, 2.45) is 5.92 Å². The SMILES string of the molecule is C#CCN(CC1CC1)c1cccc(CO)n1. The molecule has 1 aliphatic rings. The van der Waals surface area contributed by atoms with Crippen LogP contribution >= 0.6 is 0 Å². The minimum absolute atomic E-state index is 0.0266. The lowest BCUT2D eigenvalue weighted by Crippen LogP contribution is -2.27. The molecule has 0 bridgehead atoms. The number of terminal acetylenes is 1. The van der Waals surface area contributed by atoms with Crippen molar-refractivity contribution in [2.45, 2.75) is 19.4 Å². The molecular formula is C13H16N2O. The van der Waals surface area contributed by atoms with Gasteiger partial charge in [-0.3, -0.25) is 0 Å². The van der Waals surface area contributed by atoms with Crippen molar-refractivity contribution in [3.8, 4) is 12.3 Å². The van der Waals surface area contributed by atoms with Crippen LogP contribution in [0.25, 0.3) is 0 Å².